The molecule has 0 amide bonds. The molecule has 0 radical (unpaired) electrons. The summed E-state index contributed by atoms with van der Waals surface area (Å²) in [6.07, 6.45) is 0.945. The van der Waals surface area contributed by atoms with Crippen molar-refractivity contribution in [3.63, 3.8) is 0 Å². The second kappa shape index (κ2) is 3.14. The quantitative estimate of drug-likeness (QED) is 0.813. The summed E-state index contributed by atoms with van der Waals surface area (Å²) < 4.78 is 1.07. The summed E-state index contributed by atoms with van der Waals surface area (Å²) in [5.41, 5.74) is 3.39. The Hall–Kier alpha value is -0.830. The lowest BCUT2D eigenvalue weighted by molar-refractivity contribution is 1.00. The summed E-state index contributed by atoms with van der Waals surface area (Å²) >= 11 is 3.51. The normalized spacial score (nSPS) is 11.0. The summed E-state index contributed by atoms with van der Waals surface area (Å²) in [5.74, 6) is 1.04. The molecule has 0 aliphatic heterocycles. The summed E-state index contributed by atoms with van der Waals surface area (Å²) in [5, 5.41) is 0. The van der Waals surface area contributed by atoms with Gasteiger partial charge in [0, 0.05) is 10.9 Å². The molecule has 0 aliphatic carbocycles. The molecule has 2 rings (SSSR count). The standard InChI is InChI=1S/C10H11BrN2/c1-3-9-12-8-5-6(2)4-7(11)10(8)13-9/h4-5H,3H2,1-2H3,(H,12,13). The van der Waals surface area contributed by atoms with Crippen LogP contribution in [0.4, 0.5) is 0 Å². The number of halogens is 1. The van der Waals surface area contributed by atoms with Crippen LogP contribution in [0.1, 0.15) is 18.3 Å². The van der Waals surface area contributed by atoms with Gasteiger partial charge in [0.05, 0.1) is 5.52 Å². The van der Waals surface area contributed by atoms with E-state index in [-0.39, 0.29) is 0 Å². The number of aromatic nitrogens is 2. The van der Waals surface area contributed by atoms with E-state index in [2.05, 4.69) is 51.9 Å². The van der Waals surface area contributed by atoms with Crippen LogP contribution < -0.4 is 0 Å². The van der Waals surface area contributed by atoms with Gasteiger partial charge in [-0.1, -0.05) is 6.92 Å². The number of rotatable bonds is 1. The largest absolute Gasteiger partial charge is 0.342 e. The van der Waals surface area contributed by atoms with Crippen molar-refractivity contribution in [3.8, 4) is 0 Å². The van der Waals surface area contributed by atoms with Crippen molar-refractivity contribution in [2.24, 2.45) is 0 Å². The highest BCUT2D eigenvalue weighted by Crippen LogP contribution is 2.23. The van der Waals surface area contributed by atoms with Gasteiger partial charge in [-0.05, 0) is 40.5 Å². The Morgan fingerprint density at radius 3 is 2.92 bits per heavy atom. The molecule has 0 fully saturated rings. The van der Waals surface area contributed by atoms with Gasteiger partial charge in [0.25, 0.3) is 0 Å². The molecule has 0 saturated carbocycles. The van der Waals surface area contributed by atoms with E-state index in [0.29, 0.717) is 0 Å². The molecule has 13 heavy (non-hydrogen) atoms. The summed E-state index contributed by atoms with van der Waals surface area (Å²) in [4.78, 5) is 7.76. The summed E-state index contributed by atoms with van der Waals surface area (Å²) in [7, 11) is 0. The Morgan fingerprint density at radius 2 is 2.23 bits per heavy atom. The zero-order valence-electron chi connectivity index (χ0n) is 7.69. The predicted molar refractivity (Wildman–Crippen MR) is 57.9 cm³/mol. The lowest BCUT2D eigenvalue weighted by atomic mass is 10.2. The molecule has 0 spiro atoms. The Balaban J connectivity index is 2.75. The van der Waals surface area contributed by atoms with Crippen molar-refractivity contribution in [1.29, 1.82) is 0 Å². The molecule has 0 atom stereocenters. The Kier molecular flexibility index (Phi) is 2.12. The molecule has 1 aromatic heterocycles. The molecule has 0 aliphatic rings. The van der Waals surface area contributed by atoms with Crippen LogP contribution in [-0.4, -0.2) is 9.97 Å². The molecule has 2 nitrogen and oxygen atoms in total. The fourth-order valence-electron chi connectivity index (χ4n) is 1.43. The maximum Gasteiger partial charge on any atom is 0.106 e. The number of nitrogens with one attached hydrogen (secondary N) is 1. The molecular weight excluding hydrogens is 228 g/mol. The van der Waals surface area contributed by atoms with E-state index in [1.165, 1.54) is 5.56 Å². The van der Waals surface area contributed by atoms with Gasteiger partial charge in [-0.2, -0.15) is 0 Å². The Labute approximate surface area is 85.5 Å². The Bertz CT molecular complexity index is 445. The lowest BCUT2D eigenvalue weighted by Crippen LogP contribution is -1.79. The van der Waals surface area contributed by atoms with Crippen molar-refractivity contribution < 1.29 is 0 Å². The molecular formula is C10H11BrN2. The third-order valence-corrected chi connectivity index (χ3v) is 2.67. The SMILES string of the molecule is CCc1nc2c(Br)cc(C)cc2[nH]1. The number of hydrogen-bond acceptors (Lipinski definition) is 1. The van der Waals surface area contributed by atoms with Gasteiger partial charge in [-0.3, -0.25) is 0 Å². The molecule has 1 N–H and O–H groups in total. The van der Waals surface area contributed by atoms with E-state index in [1.807, 2.05) is 0 Å². The third kappa shape index (κ3) is 1.48. The third-order valence-electron chi connectivity index (χ3n) is 2.07. The monoisotopic (exact) mass is 238 g/mol. The molecule has 0 bridgehead atoms. The van der Waals surface area contributed by atoms with Crippen molar-refractivity contribution in [2.75, 3.05) is 0 Å². The first-order chi connectivity index (χ1) is 6.20. The van der Waals surface area contributed by atoms with E-state index in [4.69, 9.17) is 0 Å². The average Bonchev–Trinajstić information content (AvgIpc) is 2.47. The number of H-pyrrole nitrogens is 1. The van der Waals surface area contributed by atoms with Crippen molar-refractivity contribution in [3.05, 3.63) is 28.0 Å². The minimum Gasteiger partial charge on any atom is -0.342 e. The lowest BCUT2D eigenvalue weighted by Gasteiger charge is -1.94. The van der Waals surface area contributed by atoms with E-state index >= 15 is 0 Å². The van der Waals surface area contributed by atoms with Crippen LogP contribution in [0.5, 0.6) is 0 Å². The highest BCUT2D eigenvalue weighted by atomic mass is 79.9. The predicted octanol–water partition coefficient (Wildman–Crippen LogP) is 3.20. The van der Waals surface area contributed by atoms with E-state index < -0.39 is 0 Å². The first kappa shape index (κ1) is 8.75. The number of nitrogens with zero attached hydrogens (tertiary/aromatic N) is 1. The van der Waals surface area contributed by atoms with Gasteiger partial charge < -0.3 is 4.98 Å². The van der Waals surface area contributed by atoms with E-state index in [0.717, 1.165) is 27.8 Å². The number of benzene rings is 1. The molecule has 0 saturated heterocycles. The van der Waals surface area contributed by atoms with Crippen molar-refractivity contribution >= 4 is 27.0 Å². The number of hydrogen-bond donors (Lipinski definition) is 1. The second-order valence-corrected chi connectivity index (χ2v) is 4.03. The van der Waals surface area contributed by atoms with Crippen molar-refractivity contribution in [1.82, 2.24) is 9.97 Å². The van der Waals surface area contributed by atoms with Crippen molar-refractivity contribution in [2.45, 2.75) is 20.3 Å². The first-order valence-corrected chi connectivity index (χ1v) is 5.14. The van der Waals surface area contributed by atoms with Crippen LogP contribution >= 0.6 is 15.9 Å². The average molecular weight is 239 g/mol. The number of fused-ring (bicyclic) bond motifs is 1. The zero-order chi connectivity index (χ0) is 9.42. The van der Waals surface area contributed by atoms with Crippen LogP contribution in [-0.2, 0) is 6.42 Å². The molecule has 2 aromatic rings. The molecule has 3 heteroatoms. The summed E-state index contributed by atoms with van der Waals surface area (Å²) in [6, 6.07) is 4.20. The highest BCUT2D eigenvalue weighted by Gasteiger charge is 2.04. The maximum absolute atomic E-state index is 4.47. The van der Waals surface area contributed by atoms with Gasteiger partial charge in [-0.25, -0.2) is 4.98 Å². The first-order valence-electron chi connectivity index (χ1n) is 4.35. The topological polar surface area (TPSA) is 28.7 Å². The fourth-order valence-corrected chi connectivity index (χ4v) is 2.09. The molecule has 1 heterocycles. The van der Waals surface area contributed by atoms with Gasteiger partial charge in [0.2, 0.25) is 0 Å². The van der Waals surface area contributed by atoms with Gasteiger partial charge in [0.15, 0.2) is 0 Å². The number of imidazole rings is 1. The molecule has 0 unspecified atom stereocenters. The van der Waals surface area contributed by atoms with Gasteiger partial charge in [0.1, 0.15) is 11.3 Å². The minimum absolute atomic E-state index is 0.945. The zero-order valence-corrected chi connectivity index (χ0v) is 9.27. The molecule has 1 aromatic carbocycles. The maximum atomic E-state index is 4.47. The van der Waals surface area contributed by atoms with Gasteiger partial charge in [-0.15, -0.1) is 0 Å². The highest BCUT2D eigenvalue weighted by molar-refractivity contribution is 9.10. The van der Waals surface area contributed by atoms with Gasteiger partial charge >= 0.3 is 0 Å². The minimum atomic E-state index is 0.945. The summed E-state index contributed by atoms with van der Waals surface area (Å²) in [6.45, 7) is 4.18. The van der Waals surface area contributed by atoms with E-state index in [1.54, 1.807) is 0 Å². The Morgan fingerprint density at radius 1 is 1.46 bits per heavy atom. The number of aryl methyl sites for hydroxylation is 2. The van der Waals surface area contributed by atoms with E-state index in [9.17, 15) is 0 Å². The smallest absolute Gasteiger partial charge is 0.106 e. The second-order valence-electron chi connectivity index (χ2n) is 3.18. The van der Waals surface area contributed by atoms with Crippen LogP contribution in [0.3, 0.4) is 0 Å². The number of aromatic amines is 1. The van der Waals surface area contributed by atoms with Crippen LogP contribution in [0.25, 0.3) is 11.0 Å². The van der Waals surface area contributed by atoms with Crippen LogP contribution in [0.2, 0.25) is 0 Å². The van der Waals surface area contributed by atoms with Crippen LogP contribution in [0.15, 0.2) is 16.6 Å². The molecule has 68 valence electrons. The fraction of sp³-hybridized carbons (Fsp3) is 0.300. The van der Waals surface area contributed by atoms with Crippen LogP contribution in [0, 0.1) is 6.92 Å².